The van der Waals surface area contributed by atoms with Crippen molar-refractivity contribution < 1.29 is 17.6 Å². The highest BCUT2D eigenvalue weighted by Gasteiger charge is 2.20. The molecule has 0 aliphatic heterocycles. The summed E-state index contributed by atoms with van der Waals surface area (Å²) in [5.74, 6) is -1.06. The second kappa shape index (κ2) is 6.50. The van der Waals surface area contributed by atoms with Crippen molar-refractivity contribution in [2.24, 2.45) is 0 Å². The molecule has 0 bridgehead atoms. The number of amides is 1. The zero-order valence-corrected chi connectivity index (χ0v) is 13.7. The van der Waals surface area contributed by atoms with E-state index < -0.39 is 21.5 Å². The van der Waals surface area contributed by atoms with Crippen LogP contribution in [0.4, 0.5) is 0 Å². The molecule has 0 spiro atoms. The Kier molecular flexibility index (Phi) is 4.87. The van der Waals surface area contributed by atoms with E-state index in [2.05, 4.69) is 4.98 Å². The van der Waals surface area contributed by atoms with Crippen molar-refractivity contribution in [3.05, 3.63) is 41.2 Å². The van der Waals surface area contributed by atoms with Crippen molar-refractivity contribution in [3.63, 3.8) is 0 Å². The summed E-state index contributed by atoms with van der Waals surface area (Å²) in [6.45, 7) is 0. The summed E-state index contributed by atoms with van der Waals surface area (Å²) < 4.78 is 29.2. The van der Waals surface area contributed by atoms with Gasteiger partial charge in [0.2, 0.25) is 11.8 Å². The maximum absolute atomic E-state index is 12.0. The van der Waals surface area contributed by atoms with Crippen molar-refractivity contribution in [2.75, 3.05) is 19.8 Å². The molecule has 1 aromatic carbocycles. The molecular formula is C14H15ClN2O4S. The Balaban J connectivity index is 2.12. The molecule has 0 aliphatic rings. The zero-order valence-electron chi connectivity index (χ0n) is 12.1. The number of carbonyl (C=O) groups is 1. The minimum Gasteiger partial charge on any atom is -0.444 e. The van der Waals surface area contributed by atoms with Crippen LogP contribution in [0.2, 0.25) is 5.02 Å². The second-order valence-electron chi connectivity index (χ2n) is 4.97. The van der Waals surface area contributed by atoms with E-state index in [4.69, 9.17) is 16.0 Å². The van der Waals surface area contributed by atoms with Crippen molar-refractivity contribution in [2.45, 2.75) is 5.75 Å². The van der Waals surface area contributed by atoms with Gasteiger partial charge >= 0.3 is 0 Å². The molecule has 1 heterocycles. The third-order valence-electron chi connectivity index (χ3n) is 2.85. The van der Waals surface area contributed by atoms with Gasteiger partial charge in [-0.05, 0) is 24.3 Å². The molecule has 0 N–H and O–H groups in total. The molecule has 0 fully saturated rings. The van der Waals surface area contributed by atoms with E-state index in [1.807, 2.05) is 0 Å². The molecule has 0 saturated heterocycles. The van der Waals surface area contributed by atoms with Crippen LogP contribution in [0.15, 0.2) is 34.9 Å². The van der Waals surface area contributed by atoms with Gasteiger partial charge in [0.1, 0.15) is 12.0 Å². The molecule has 2 rings (SSSR count). The summed E-state index contributed by atoms with van der Waals surface area (Å²) in [5, 5.41) is 0.584. The van der Waals surface area contributed by atoms with Gasteiger partial charge in [0, 0.05) is 24.7 Å². The third kappa shape index (κ3) is 4.32. The van der Waals surface area contributed by atoms with Crippen molar-refractivity contribution in [3.8, 4) is 11.5 Å². The molecule has 0 radical (unpaired) electrons. The first kappa shape index (κ1) is 16.5. The minimum atomic E-state index is -3.59. The molecule has 0 unspecified atom stereocenters. The lowest BCUT2D eigenvalue weighted by molar-refractivity contribution is -0.125. The van der Waals surface area contributed by atoms with Crippen molar-refractivity contribution >= 4 is 27.3 Å². The topological polar surface area (TPSA) is 80.5 Å². The van der Waals surface area contributed by atoms with Gasteiger partial charge < -0.3 is 9.32 Å². The molecule has 118 valence electrons. The Hall–Kier alpha value is -1.86. The fraction of sp³-hybridized carbons (Fsp3) is 0.286. The minimum absolute atomic E-state index is 0.261. The van der Waals surface area contributed by atoms with Crippen LogP contribution in [0.1, 0.15) is 5.69 Å². The number of sulfone groups is 1. The van der Waals surface area contributed by atoms with E-state index >= 15 is 0 Å². The van der Waals surface area contributed by atoms with E-state index in [1.54, 1.807) is 24.3 Å². The zero-order chi connectivity index (χ0) is 16.3. The molecule has 0 aliphatic carbocycles. The number of carbonyl (C=O) groups excluding carboxylic acids is 1. The van der Waals surface area contributed by atoms with Gasteiger partial charge in [-0.2, -0.15) is 0 Å². The number of aromatic nitrogens is 1. The Labute approximate surface area is 133 Å². The largest absolute Gasteiger partial charge is 0.444 e. The molecule has 1 amide bonds. The number of oxazole rings is 1. The standard InChI is InChI=1S/C14H15ClN2O4S/c1-17(2)13(18)9-22(19,20)8-12-7-21-14(16-12)10-3-5-11(15)6-4-10/h3-7H,8-9H2,1-2H3. The van der Waals surface area contributed by atoms with Gasteiger partial charge in [0.25, 0.3) is 0 Å². The predicted octanol–water partition coefficient (Wildman–Crippen LogP) is 2.00. The highest BCUT2D eigenvalue weighted by molar-refractivity contribution is 7.91. The molecule has 22 heavy (non-hydrogen) atoms. The number of hydrogen-bond donors (Lipinski definition) is 0. The average Bonchev–Trinajstić information content (AvgIpc) is 2.86. The summed E-state index contributed by atoms with van der Waals surface area (Å²) in [6, 6.07) is 6.82. The van der Waals surface area contributed by atoms with Crippen LogP contribution in [0.5, 0.6) is 0 Å². The maximum Gasteiger partial charge on any atom is 0.237 e. The maximum atomic E-state index is 12.0. The Morgan fingerprint density at radius 3 is 2.50 bits per heavy atom. The Bertz CT molecular complexity index is 766. The van der Waals surface area contributed by atoms with Crippen molar-refractivity contribution in [1.82, 2.24) is 9.88 Å². The van der Waals surface area contributed by atoms with E-state index in [0.717, 1.165) is 0 Å². The highest BCUT2D eigenvalue weighted by atomic mass is 35.5. The van der Waals surface area contributed by atoms with Crippen LogP contribution < -0.4 is 0 Å². The second-order valence-corrected chi connectivity index (χ2v) is 7.47. The van der Waals surface area contributed by atoms with Gasteiger partial charge in [0.05, 0.1) is 11.4 Å². The predicted molar refractivity (Wildman–Crippen MR) is 83.1 cm³/mol. The van der Waals surface area contributed by atoms with E-state index in [9.17, 15) is 13.2 Å². The van der Waals surface area contributed by atoms with Gasteiger partial charge in [-0.3, -0.25) is 4.79 Å². The Morgan fingerprint density at radius 1 is 1.27 bits per heavy atom. The number of halogens is 1. The molecular weight excluding hydrogens is 328 g/mol. The van der Waals surface area contributed by atoms with Crippen LogP contribution in [0, 0.1) is 0 Å². The fourth-order valence-electron chi connectivity index (χ4n) is 1.69. The van der Waals surface area contributed by atoms with Crippen LogP contribution in [-0.2, 0) is 20.4 Å². The molecule has 6 nitrogen and oxygen atoms in total. The average molecular weight is 343 g/mol. The SMILES string of the molecule is CN(C)C(=O)CS(=O)(=O)Cc1coc(-c2ccc(Cl)cc2)n1. The number of benzene rings is 1. The number of rotatable bonds is 5. The molecule has 1 aromatic heterocycles. The lowest BCUT2D eigenvalue weighted by atomic mass is 10.2. The van der Waals surface area contributed by atoms with Gasteiger partial charge in [0.15, 0.2) is 9.84 Å². The molecule has 0 atom stereocenters. The lowest BCUT2D eigenvalue weighted by Gasteiger charge is -2.09. The van der Waals surface area contributed by atoms with Gasteiger partial charge in [-0.1, -0.05) is 11.6 Å². The lowest BCUT2D eigenvalue weighted by Crippen LogP contribution is -2.29. The summed E-state index contributed by atoms with van der Waals surface area (Å²) in [4.78, 5) is 16.9. The normalized spacial score (nSPS) is 11.4. The fourth-order valence-corrected chi connectivity index (χ4v) is 3.14. The van der Waals surface area contributed by atoms with Crippen molar-refractivity contribution in [1.29, 1.82) is 0 Å². The number of hydrogen-bond acceptors (Lipinski definition) is 5. The summed E-state index contributed by atoms with van der Waals surface area (Å²) in [6.07, 6.45) is 1.28. The smallest absolute Gasteiger partial charge is 0.237 e. The van der Waals surface area contributed by atoms with Gasteiger partial charge in [-0.25, -0.2) is 13.4 Å². The molecule has 0 saturated carbocycles. The van der Waals surface area contributed by atoms with E-state index in [0.29, 0.717) is 16.5 Å². The van der Waals surface area contributed by atoms with Crippen LogP contribution >= 0.6 is 11.6 Å². The Morgan fingerprint density at radius 2 is 1.91 bits per heavy atom. The molecule has 8 heteroatoms. The monoisotopic (exact) mass is 342 g/mol. The van der Waals surface area contributed by atoms with Crippen LogP contribution in [0.25, 0.3) is 11.5 Å². The van der Waals surface area contributed by atoms with E-state index in [-0.39, 0.29) is 11.4 Å². The van der Waals surface area contributed by atoms with Gasteiger partial charge in [-0.15, -0.1) is 0 Å². The third-order valence-corrected chi connectivity index (χ3v) is 4.53. The summed E-state index contributed by atoms with van der Waals surface area (Å²) >= 11 is 5.80. The first-order chi connectivity index (χ1) is 10.3. The summed E-state index contributed by atoms with van der Waals surface area (Å²) in [5.41, 5.74) is 0.953. The highest BCUT2D eigenvalue weighted by Crippen LogP contribution is 2.21. The number of nitrogens with zero attached hydrogens (tertiary/aromatic N) is 2. The van der Waals surface area contributed by atoms with E-state index in [1.165, 1.54) is 25.3 Å². The summed E-state index contributed by atoms with van der Waals surface area (Å²) in [7, 11) is -0.576. The van der Waals surface area contributed by atoms with Crippen LogP contribution in [-0.4, -0.2) is 44.1 Å². The first-order valence-corrected chi connectivity index (χ1v) is 8.58. The molecule has 2 aromatic rings. The quantitative estimate of drug-likeness (QED) is 0.830. The van der Waals surface area contributed by atoms with Crippen LogP contribution in [0.3, 0.4) is 0 Å². The first-order valence-electron chi connectivity index (χ1n) is 6.38.